The highest BCUT2D eigenvalue weighted by Gasteiger charge is 2.20. The van der Waals surface area contributed by atoms with Crippen LogP contribution < -0.4 is 5.73 Å². The van der Waals surface area contributed by atoms with Gasteiger partial charge in [-0.3, -0.25) is 4.90 Å². The molecule has 0 heterocycles. The molecule has 2 nitrogen and oxygen atoms in total. The van der Waals surface area contributed by atoms with Crippen LogP contribution in [0.1, 0.15) is 25.5 Å². The molecule has 0 bridgehead atoms. The van der Waals surface area contributed by atoms with Gasteiger partial charge in [-0.2, -0.15) is 0 Å². The highest BCUT2D eigenvalue weighted by molar-refractivity contribution is 9.10. The Morgan fingerprint density at radius 3 is 2.56 bits per heavy atom. The van der Waals surface area contributed by atoms with E-state index in [4.69, 9.17) is 5.73 Å². The summed E-state index contributed by atoms with van der Waals surface area (Å²) >= 11 is 3.44. The van der Waals surface area contributed by atoms with Gasteiger partial charge in [0.2, 0.25) is 0 Å². The third-order valence-electron chi connectivity index (χ3n) is 2.85. The minimum absolute atomic E-state index is 0.0325. The first kappa shape index (κ1) is 13.6. The van der Waals surface area contributed by atoms with Crippen molar-refractivity contribution in [3.05, 3.63) is 34.1 Å². The van der Waals surface area contributed by atoms with E-state index in [1.54, 1.807) is 12.1 Å². The predicted octanol–water partition coefficient (Wildman–Crippen LogP) is 2.93. The molecule has 2 N–H and O–H groups in total. The minimum atomic E-state index is -0.228. The summed E-state index contributed by atoms with van der Waals surface area (Å²) in [5.41, 5.74) is 6.68. The van der Waals surface area contributed by atoms with Gasteiger partial charge in [-0.15, -0.1) is 0 Å². The van der Waals surface area contributed by atoms with Crippen LogP contribution in [0.2, 0.25) is 0 Å². The number of likely N-dealkylation sites (N-methyl/N-ethyl adjacent to an activating group) is 1. The Hall–Kier alpha value is -0.450. The molecule has 4 heteroatoms. The van der Waals surface area contributed by atoms with Gasteiger partial charge in [-0.05, 0) is 44.7 Å². The van der Waals surface area contributed by atoms with Crippen LogP contribution in [-0.4, -0.2) is 24.5 Å². The predicted molar refractivity (Wildman–Crippen MR) is 68.8 cm³/mol. The Balaban J connectivity index is 3.07. The highest BCUT2D eigenvalue weighted by Crippen LogP contribution is 2.28. The molecule has 0 radical (unpaired) electrons. The van der Waals surface area contributed by atoms with E-state index >= 15 is 0 Å². The molecule has 1 aromatic rings. The van der Waals surface area contributed by atoms with Gasteiger partial charge in [0.1, 0.15) is 5.82 Å². The maximum atomic E-state index is 13.2. The van der Waals surface area contributed by atoms with Gasteiger partial charge in [0.25, 0.3) is 0 Å². The van der Waals surface area contributed by atoms with Crippen LogP contribution in [-0.2, 0) is 0 Å². The molecule has 0 spiro atoms. The van der Waals surface area contributed by atoms with Crippen molar-refractivity contribution in [2.24, 2.45) is 5.73 Å². The molecule has 0 saturated heterocycles. The minimum Gasteiger partial charge on any atom is -0.329 e. The number of nitrogens with two attached hydrogens (primary N) is 1. The molecule has 0 saturated carbocycles. The van der Waals surface area contributed by atoms with Crippen LogP contribution in [0.25, 0.3) is 0 Å². The van der Waals surface area contributed by atoms with E-state index in [0.717, 1.165) is 10.0 Å². The summed E-state index contributed by atoms with van der Waals surface area (Å²) in [4.78, 5) is 2.14. The summed E-state index contributed by atoms with van der Waals surface area (Å²) in [6, 6.07) is 5.10. The molecule has 1 unspecified atom stereocenters. The summed E-state index contributed by atoms with van der Waals surface area (Å²) in [7, 11) is 2.00. The molecule has 0 aromatic heterocycles. The average Bonchev–Trinajstić information content (AvgIpc) is 2.23. The summed E-state index contributed by atoms with van der Waals surface area (Å²) in [5, 5.41) is 0. The fourth-order valence-corrected chi connectivity index (χ4v) is 2.15. The SMILES string of the molecule is CC(C)N(C)C(CN)c1cc(F)ccc1Br. The third-order valence-corrected chi connectivity index (χ3v) is 3.57. The van der Waals surface area contributed by atoms with Crippen LogP contribution in [0.3, 0.4) is 0 Å². The second-order valence-corrected chi connectivity index (χ2v) is 5.03. The summed E-state index contributed by atoms with van der Waals surface area (Å²) < 4.78 is 14.1. The Bertz CT molecular complexity index is 355. The Morgan fingerprint density at radius 1 is 1.44 bits per heavy atom. The smallest absolute Gasteiger partial charge is 0.123 e. The van der Waals surface area contributed by atoms with E-state index in [0.29, 0.717) is 12.6 Å². The van der Waals surface area contributed by atoms with E-state index in [1.165, 1.54) is 6.07 Å². The van der Waals surface area contributed by atoms with Crippen LogP contribution >= 0.6 is 15.9 Å². The Kier molecular flexibility index (Phi) is 4.89. The largest absolute Gasteiger partial charge is 0.329 e. The van der Waals surface area contributed by atoms with E-state index < -0.39 is 0 Å². The normalized spacial score (nSPS) is 13.5. The quantitative estimate of drug-likeness (QED) is 0.923. The number of hydrogen-bond donors (Lipinski definition) is 1. The molecule has 0 aliphatic rings. The zero-order valence-electron chi connectivity index (χ0n) is 9.87. The number of rotatable bonds is 4. The topological polar surface area (TPSA) is 29.3 Å². The zero-order valence-corrected chi connectivity index (χ0v) is 11.5. The van der Waals surface area contributed by atoms with E-state index in [1.807, 2.05) is 7.05 Å². The van der Waals surface area contributed by atoms with E-state index in [9.17, 15) is 4.39 Å². The molecule has 1 atom stereocenters. The number of hydrogen-bond acceptors (Lipinski definition) is 2. The lowest BCUT2D eigenvalue weighted by Gasteiger charge is -2.31. The number of benzene rings is 1. The zero-order chi connectivity index (χ0) is 12.3. The highest BCUT2D eigenvalue weighted by atomic mass is 79.9. The number of nitrogens with zero attached hydrogens (tertiary/aromatic N) is 1. The van der Waals surface area contributed by atoms with Crippen molar-refractivity contribution in [2.45, 2.75) is 25.9 Å². The van der Waals surface area contributed by atoms with Crippen molar-refractivity contribution in [1.29, 1.82) is 0 Å². The fraction of sp³-hybridized carbons (Fsp3) is 0.500. The van der Waals surface area contributed by atoms with Crippen molar-refractivity contribution in [2.75, 3.05) is 13.6 Å². The van der Waals surface area contributed by atoms with Gasteiger partial charge in [0.15, 0.2) is 0 Å². The second-order valence-electron chi connectivity index (χ2n) is 4.18. The first-order chi connectivity index (χ1) is 7.47. The van der Waals surface area contributed by atoms with Crippen LogP contribution in [0.15, 0.2) is 22.7 Å². The summed E-state index contributed by atoms with van der Waals surface area (Å²) in [6.07, 6.45) is 0. The van der Waals surface area contributed by atoms with Crippen molar-refractivity contribution < 1.29 is 4.39 Å². The maximum Gasteiger partial charge on any atom is 0.123 e. The van der Waals surface area contributed by atoms with Crippen LogP contribution in [0.4, 0.5) is 4.39 Å². The molecule has 0 aliphatic heterocycles. The molecule has 1 rings (SSSR count). The van der Waals surface area contributed by atoms with Crippen molar-refractivity contribution in [1.82, 2.24) is 4.90 Å². The average molecular weight is 289 g/mol. The van der Waals surface area contributed by atoms with Gasteiger partial charge < -0.3 is 5.73 Å². The van der Waals surface area contributed by atoms with Crippen molar-refractivity contribution in [3.63, 3.8) is 0 Å². The molecule has 16 heavy (non-hydrogen) atoms. The number of halogens is 2. The Labute approximate surface area is 105 Å². The van der Waals surface area contributed by atoms with Crippen molar-refractivity contribution in [3.8, 4) is 0 Å². The van der Waals surface area contributed by atoms with Gasteiger partial charge in [-0.1, -0.05) is 15.9 Å². The molecular weight excluding hydrogens is 271 g/mol. The third kappa shape index (κ3) is 3.03. The van der Waals surface area contributed by atoms with E-state index in [-0.39, 0.29) is 11.9 Å². The van der Waals surface area contributed by atoms with E-state index in [2.05, 4.69) is 34.7 Å². The summed E-state index contributed by atoms with van der Waals surface area (Å²) in [5.74, 6) is -0.228. The van der Waals surface area contributed by atoms with Crippen molar-refractivity contribution >= 4 is 15.9 Å². The lowest BCUT2D eigenvalue weighted by molar-refractivity contribution is 0.200. The molecule has 0 aliphatic carbocycles. The standard InChI is InChI=1S/C12H18BrFN2/c1-8(2)16(3)12(7-15)10-6-9(14)4-5-11(10)13/h4-6,8,12H,7,15H2,1-3H3. The monoisotopic (exact) mass is 288 g/mol. The second kappa shape index (κ2) is 5.75. The first-order valence-electron chi connectivity index (χ1n) is 5.34. The lowest BCUT2D eigenvalue weighted by Crippen LogP contribution is -2.35. The fourth-order valence-electron chi connectivity index (χ4n) is 1.64. The molecule has 0 fully saturated rings. The maximum absolute atomic E-state index is 13.2. The molecule has 1 aromatic carbocycles. The molecule has 0 amide bonds. The van der Waals surface area contributed by atoms with Crippen LogP contribution in [0.5, 0.6) is 0 Å². The lowest BCUT2D eigenvalue weighted by atomic mass is 10.0. The van der Waals surface area contributed by atoms with Gasteiger partial charge >= 0.3 is 0 Å². The Morgan fingerprint density at radius 2 is 2.06 bits per heavy atom. The van der Waals surface area contributed by atoms with Gasteiger partial charge in [0.05, 0.1) is 0 Å². The first-order valence-corrected chi connectivity index (χ1v) is 6.13. The molecular formula is C12H18BrFN2. The van der Waals surface area contributed by atoms with Crippen LogP contribution in [0, 0.1) is 5.82 Å². The summed E-state index contributed by atoms with van der Waals surface area (Å²) in [6.45, 7) is 4.66. The van der Waals surface area contributed by atoms with Gasteiger partial charge in [-0.25, -0.2) is 4.39 Å². The molecule has 90 valence electrons. The van der Waals surface area contributed by atoms with Gasteiger partial charge in [0, 0.05) is 23.1 Å².